The van der Waals surface area contributed by atoms with E-state index in [9.17, 15) is 19.2 Å². The van der Waals surface area contributed by atoms with Gasteiger partial charge in [-0.3, -0.25) is 24.1 Å². The highest BCUT2D eigenvalue weighted by atomic mass is 16.2. The highest BCUT2D eigenvalue weighted by molar-refractivity contribution is 6.02. The molecule has 7 nitrogen and oxygen atoms in total. The van der Waals surface area contributed by atoms with Crippen LogP contribution in [0.2, 0.25) is 0 Å². The smallest absolute Gasteiger partial charge is 0.253 e. The molecule has 1 N–H and O–H groups in total. The Morgan fingerprint density at radius 2 is 1.56 bits per heavy atom. The zero-order chi connectivity index (χ0) is 19.2. The van der Waals surface area contributed by atoms with Gasteiger partial charge in [0.15, 0.2) is 0 Å². The predicted octanol–water partition coefficient (Wildman–Crippen LogP) is 1.47. The summed E-state index contributed by atoms with van der Waals surface area (Å²) in [7, 11) is 0. The number of carbonyl (C=O) groups is 4. The van der Waals surface area contributed by atoms with Crippen LogP contribution >= 0.6 is 0 Å². The van der Waals surface area contributed by atoms with Crippen LogP contribution in [0.15, 0.2) is 24.3 Å². The molecule has 2 aliphatic rings. The Kier molecular flexibility index (Phi) is 6.21. The van der Waals surface area contributed by atoms with Crippen LogP contribution in [0.25, 0.3) is 0 Å². The lowest BCUT2D eigenvalue weighted by Gasteiger charge is -2.26. The second kappa shape index (κ2) is 8.79. The van der Waals surface area contributed by atoms with E-state index < -0.39 is 0 Å². The van der Waals surface area contributed by atoms with Crippen molar-refractivity contribution in [2.45, 2.75) is 45.1 Å². The van der Waals surface area contributed by atoms with Gasteiger partial charge in [-0.05, 0) is 37.0 Å². The van der Waals surface area contributed by atoms with Crippen LogP contribution in [0.5, 0.6) is 0 Å². The number of nitrogens with one attached hydrogen (secondary N) is 1. The van der Waals surface area contributed by atoms with Crippen molar-refractivity contribution in [2.75, 3.05) is 19.6 Å². The Balaban J connectivity index is 1.44. The number of likely N-dealkylation sites (tertiary alicyclic amines) is 2. The van der Waals surface area contributed by atoms with Crippen molar-refractivity contribution in [1.29, 1.82) is 0 Å². The molecule has 0 radical (unpaired) electrons. The Morgan fingerprint density at radius 3 is 2.19 bits per heavy atom. The molecular weight excluding hydrogens is 346 g/mol. The summed E-state index contributed by atoms with van der Waals surface area (Å²) in [5.74, 6) is -0.565. The predicted molar refractivity (Wildman–Crippen MR) is 98.6 cm³/mol. The third-order valence-electron chi connectivity index (χ3n) is 5.05. The molecule has 0 aromatic heterocycles. The molecule has 4 amide bonds. The second-order valence-electron chi connectivity index (χ2n) is 7.02. The monoisotopic (exact) mass is 371 g/mol. The Morgan fingerprint density at radius 1 is 0.926 bits per heavy atom. The lowest BCUT2D eigenvalue weighted by Crippen LogP contribution is -2.35. The number of nitrogens with zero attached hydrogens (tertiary/aromatic N) is 2. The Bertz CT molecular complexity index is 707. The molecule has 0 bridgehead atoms. The first-order valence-corrected chi connectivity index (χ1v) is 9.53. The first-order chi connectivity index (χ1) is 13.0. The van der Waals surface area contributed by atoms with Gasteiger partial charge in [-0.25, -0.2) is 0 Å². The van der Waals surface area contributed by atoms with Crippen molar-refractivity contribution < 1.29 is 19.2 Å². The lowest BCUT2D eigenvalue weighted by atomic mass is 10.1. The van der Waals surface area contributed by atoms with E-state index in [1.54, 1.807) is 12.1 Å². The van der Waals surface area contributed by atoms with Crippen molar-refractivity contribution >= 4 is 23.6 Å². The van der Waals surface area contributed by atoms with Gasteiger partial charge in [0.05, 0.1) is 0 Å². The number of carbonyl (C=O) groups excluding carboxylic acids is 4. The average molecular weight is 371 g/mol. The molecule has 2 fully saturated rings. The van der Waals surface area contributed by atoms with Crippen LogP contribution in [0, 0.1) is 0 Å². The molecule has 0 unspecified atom stereocenters. The zero-order valence-electron chi connectivity index (χ0n) is 15.4. The molecule has 3 rings (SSSR count). The average Bonchev–Trinajstić information content (AvgIpc) is 3.03. The topological polar surface area (TPSA) is 86.8 Å². The van der Waals surface area contributed by atoms with Gasteiger partial charge in [0, 0.05) is 51.0 Å². The fourth-order valence-electron chi connectivity index (χ4n) is 3.42. The summed E-state index contributed by atoms with van der Waals surface area (Å²) >= 11 is 0. The van der Waals surface area contributed by atoms with Gasteiger partial charge in [0.2, 0.25) is 17.7 Å². The van der Waals surface area contributed by atoms with Crippen LogP contribution in [0.3, 0.4) is 0 Å². The van der Waals surface area contributed by atoms with Gasteiger partial charge in [-0.15, -0.1) is 0 Å². The van der Waals surface area contributed by atoms with Crippen molar-refractivity contribution in [2.24, 2.45) is 0 Å². The van der Waals surface area contributed by atoms with E-state index in [0.717, 1.165) is 36.4 Å². The van der Waals surface area contributed by atoms with Gasteiger partial charge < -0.3 is 10.2 Å². The maximum atomic E-state index is 12.4. The summed E-state index contributed by atoms with van der Waals surface area (Å²) in [6.45, 7) is 2.11. The van der Waals surface area contributed by atoms with Gasteiger partial charge >= 0.3 is 0 Å². The molecule has 0 saturated carbocycles. The minimum absolute atomic E-state index is 0.0604. The maximum Gasteiger partial charge on any atom is 0.253 e. The van der Waals surface area contributed by atoms with E-state index in [-0.39, 0.29) is 49.4 Å². The van der Waals surface area contributed by atoms with Crippen LogP contribution < -0.4 is 5.32 Å². The summed E-state index contributed by atoms with van der Waals surface area (Å²) in [5, 5.41) is 2.78. The quantitative estimate of drug-likeness (QED) is 0.767. The van der Waals surface area contributed by atoms with Gasteiger partial charge in [0.25, 0.3) is 5.91 Å². The highest BCUT2D eigenvalue weighted by Gasteiger charge is 2.28. The summed E-state index contributed by atoms with van der Waals surface area (Å²) in [6, 6.07) is 7.26. The normalized spacial score (nSPS) is 17.3. The minimum atomic E-state index is -0.212. The number of hydrogen-bond donors (Lipinski definition) is 1. The Labute approximate surface area is 158 Å². The number of hydrogen-bond acceptors (Lipinski definition) is 4. The molecule has 0 aliphatic carbocycles. The molecule has 144 valence electrons. The summed E-state index contributed by atoms with van der Waals surface area (Å²) in [6.07, 6.45) is 3.88. The van der Waals surface area contributed by atoms with Crippen LogP contribution in [0.4, 0.5) is 0 Å². The number of imide groups is 1. The van der Waals surface area contributed by atoms with E-state index in [4.69, 9.17) is 0 Å². The Hall–Kier alpha value is -2.70. The largest absolute Gasteiger partial charge is 0.352 e. The first kappa shape index (κ1) is 19.1. The van der Waals surface area contributed by atoms with Gasteiger partial charge in [-0.2, -0.15) is 0 Å². The fraction of sp³-hybridized carbons (Fsp3) is 0.500. The van der Waals surface area contributed by atoms with Crippen LogP contribution in [0.1, 0.15) is 54.4 Å². The highest BCUT2D eigenvalue weighted by Crippen LogP contribution is 2.14. The molecule has 0 spiro atoms. The molecule has 2 heterocycles. The molecule has 2 saturated heterocycles. The molecule has 7 heteroatoms. The van der Waals surface area contributed by atoms with Crippen molar-refractivity contribution in [3.05, 3.63) is 35.4 Å². The van der Waals surface area contributed by atoms with E-state index in [1.165, 1.54) is 6.42 Å². The standard InChI is InChI=1S/C20H25N3O4/c24-17(10-13-23-18(25)8-9-19(23)26)21-14-15-4-6-16(7-5-15)20(27)22-11-2-1-3-12-22/h4-7H,1-3,8-14H2,(H,21,24). The molecule has 27 heavy (non-hydrogen) atoms. The fourth-order valence-corrected chi connectivity index (χ4v) is 3.42. The van der Waals surface area contributed by atoms with Gasteiger partial charge in [-0.1, -0.05) is 12.1 Å². The van der Waals surface area contributed by atoms with Crippen LogP contribution in [-0.2, 0) is 20.9 Å². The third kappa shape index (κ3) is 4.93. The molecule has 0 atom stereocenters. The zero-order valence-corrected chi connectivity index (χ0v) is 15.4. The maximum absolute atomic E-state index is 12.4. The van der Waals surface area contributed by atoms with E-state index >= 15 is 0 Å². The summed E-state index contributed by atoms with van der Waals surface area (Å²) in [5.41, 5.74) is 1.56. The van der Waals surface area contributed by atoms with Crippen molar-refractivity contribution in [3.8, 4) is 0 Å². The van der Waals surface area contributed by atoms with Gasteiger partial charge in [0.1, 0.15) is 0 Å². The number of piperidine rings is 1. The van der Waals surface area contributed by atoms with E-state index in [2.05, 4.69) is 5.32 Å². The SMILES string of the molecule is O=C(CCN1C(=O)CCC1=O)NCc1ccc(C(=O)N2CCCCC2)cc1. The van der Waals surface area contributed by atoms with Crippen molar-refractivity contribution in [1.82, 2.24) is 15.1 Å². The van der Waals surface area contributed by atoms with Crippen molar-refractivity contribution in [3.63, 3.8) is 0 Å². The van der Waals surface area contributed by atoms with E-state index in [1.807, 2.05) is 17.0 Å². The minimum Gasteiger partial charge on any atom is -0.352 e. The molecular formula is C20H25N3O4. The molecule has 2 aliphatic heterocycles. The summed E-state index contributed by atoms with van der Waals surface area (Å²) < 4.78 is 0. The lowest BCUT2D eigenvalue weighted by molar-refractivity contribution is -0.138. The number of amides is 4. The second-order valence-corrected chi connectivity index (χ2v) is 7.02. The van der Waals surface area contributed by atoms with Crippen LogP contribution in [-0.4, -0.2) is 53.1 Å². The molecule has 1 aromatic rings. The summed E-state index contributed by atoms with van der Waals surface area (Å²) in [4.78, 5) is 50.5. The van der Waals surface area contributed by atoms with E-state index in [0.29, 0.717) is 12.1 Å². The third-order valence-corrected chi connectivity index (χ3v) is 5.05. The number of benzene rings is 1. The first-order valence-electron chi connectivity index (χ1n) is 9.53. The number of rotatable bonds is 6. The molecule has 1 aromatic carbocycles.